The Labute approximate surface area is 109 Å². The standard InChI is InChI=1S/C9H13NO3S3/c1-12-4-5-13-8(11)2-6-15-9(14)16-7-3-10/h2,4-7H2,1H3. The van der Waals surface area contributed by atoms with Crippen LogP contribution in [-0.4, -0.2) is 41.3 Å². The number of hydrogen-bond acceptors (Lipinski definition) is 7. The van der Waals surface area contributed by atoms with Gasteiger partial charge >= 0.3 is 5.97 Å². The summed E-state index contributed by atoms with van der Waals surface area (Å²) < 4.78 is 10.3. The average Bonchev–Trinajstić information content (AvgIpc) is 2.26. The Bertz CT molecular complexity index is 265. The van der Waals surface area contributed by atoms with Crippen LogP contribution < -0.4 is 0 Å². The summed E-state index contributed by atoms with van der Waals surface area (Å²) in [6.45, 7) is 0.697. The van der Waals surface area contributed by atoms with Gasteiger partial charge in [-0.05, 0) is 0 Å². The topological polar surface area (TPSA) is 59.3 Å². The number of hydrogen-bond donors (Lipinski definition) is 0. The van der Waals surface area contributed by atoms with Crippen LogP contribution in [0.4, 0.5) is 0 Å². The van der Waals surface area contributed by atoms with Crippen LogP contribution in [-0.2, 0) is 14.3 Å². The third-order valence-corrected chi connectivity index (χ3v) is 3.90. The molecule has 0 heterocycles. The molecule has 90 valence electrons. The second-order valence-electron chi connectivity index (χ2n) is 2.51. The first-order valence-electron chi connectivity index (χ1n) is 4.51. The zero-order valence-corrected chi connectivity index (χ0v) is 11.4. The molecule has 0 bridgehead atoms. The molecule has 0 aromatic rings. The molecule has 0 unspecified atom stereocenters. The van der Waals surface area contributed by atoms with Gasteiger partial charge in [0.1, 0.15) is 10.1 Å². The molecule has 0 aromatic carbocycles. The van der Waals surface area contributed by atoms with Crippen LogP contribution in [0.15, 0.2) is 0 Å². The van der Waals surface area contributed by atoms with Gasteiger partial charge in [0.25, 0.3) is 0 Å². The molecule has 0 atom stereocenters. The fourth-order valence-electron chi connectivity index (χ4n) is 0.662. The summed E-state index contributed by atoms with van der Waals surface area (Å²) in [5.41, 5.74) is 0. The summed E-state index contributed by atoms with van der Waals surface area (Å²) >= 11 is 7.69. The van der Waals surface area contributed by atoms with Gasteiger partial charge in [-0.2, -0.15) is 5.26 Å². The van der Waals surface area contributed by atoms with Gasteiger partial charge in [-0.15, -0.1) is 11.8 Å². The number of esters is 1. The Morgan fingerprint density at radius 3 is 2.81 bits per heavy atom. The Morgan fingerprint density at radius 2 is 2.19 bits per heavy atom. The number of thioether (sulfide) groups is 2. The minimum Gasteiger partial charge on any atom is -0.463 e. The molecule has 16 heavy (non-hydrogen) atoms. The normalized spacial score (nSPS) is 9.50. The number of rotatable bonds is 7. The van der Waals surface area contributed by atoms with Gasteiger partial charge in [-0.3, -0.25) is 4.79 Å². The number of nitrogens with zero attached hydrogens (tertiary/aromatic N) is 1. The predicted octanol–water partition coefficient (Wildman–Crippen LogP) is 1.84. The number of ether oxygens (including phenoxy) is 2. The zero-order chi connectivity index (χ0) is 12.2. The molecule has 0 spiro atoms. The number of carbonyl (C=O) groups is 1. The first-order chi connectivity index (χ1) is 7.70. The van der Waals surface area contributed by atoms with Gasteiger partial charge in [-0.1, -0.05) is 24.0 Å². The van der Waals surface area contributed by atoms with Gasteiger partial charge in [0.15, 0.2) is 0 Å². The molecule has 0 aliphatic carbocycles. The Kier molecular flexibility index (Phi) is 11.0. The van der Waals surface area contributed by atoms with Crippen molar-refractivity contribution in [3.05, 3.63) is 0 Å². The van der Waals surface area contributed by atoms with E-state index in [1.807, 2.05) is 6.07 Å². The van der Waals surface area contributed by atoms with Crippen LogP contribution in [0, 0.1) is 11.3 Å². The van der Waals surface area contributed by atoms with Gasteiger partial charge in [0.05, 0.1) is 24.8 Å². The highest BCUT2D eigenvalue weighted by Gasteiger charge is 2.04. The Hall–Kier alpha value is -0.290. The highest BCUT2D eigenvalue weighted by molar-refractivity contribution is 8.47. The summed E-state index contributed by atoms with van der Waals surface area (Å²) in [6.07, 6.45) is 0.321. The molecule has 0 fully saturated rings. The largest absolute Gasteiger partial charge is 0.463 e. The van der Waals surface area contributed by atoms with Crippen LogP contribution in [0.5, 0.6) is 0 Å². The smallest absolute Gasteiger partial charge is 0.306 e. The lowest BCUT2D eigenvalue weighted by atomic mass is 10.5. The molecule has 0 aliphatic rings. The summed E-state index contributed by atoms with van der Waals surface area (Å²) in [4.78, 5) is 11.1. The lowest BCUT2D eigenvalue weighted by molar-refractivity contribution is -0.144. The van der Waals surface area contributed by atoms with E-state index in [2.05, 4.69) is 0 Å². The van der Waals surface area contributed by atoms with Gasteiger partial charge in [0, 0.05) is 12.9 Å². The van der Waals surface area contributed by atoms with Crippen LogP contribution in [0.1, 0.15) is 6.42 Å². The first kappa shape index (κ1) is 15.7. The van der Waals surface area contributed by atoms with Gasteiger partial charge < -0.3 is 9.47 Å². The van der Waals surface area contributed by atoms with Crippen molar-refractivity contribution in [3.63, 3.8) is 0 Å². The summed E-state index contributed by atoms with van der Waals surface area (Å²) in [7, 11) is 1.55. The molecular formula is C9H13NO3S3. The lowest BCUT2D eigenvalue weighted by Gasteiger charge is -2.03. The number of methoxy groups -OCH3 is 1. The quantitative estimate of drug-likeness (QED) is 0.400. The highest BCUT2D eigenvalue weighted by atomic mass is 32.2. The van der Waals surface area contributed by atoms with E-state index >= 15 is 0 Å². The third kappa shape index (κ3) is 10.2. The van der Waals surface area contributed by atoms with Crippen LogP contribution >= 0.6 is 35.7 Å². The molecule has 7 heteroatoms. The highest BCUT2D eigenvalue weighted by Crippen LogP contribution is 2.17. The van der Waals surface area contributed by atoms with E-state index in [4.69, 9.17) is 27.0 Å². The fraction of sp³-hybridized carbons (Fsp3) is 0.667. The van der Waals surface area contributed by atoms with Crippen molar-refractivity contribution in [1.82, 2.24) is 0 Å². The molecule has 0 amide bonds. The minimum atomic E-state index is -0.252. The molecule has 0 aliphatic heterocycles. The lowest BCUT2D eigenvalue weighted by Crippen LogP contribution is -2.10. The van der Waals surface area contributed by atoms with E-state index < -0.39 is 0 Å². The molecular weight excluding hydrogens is 266 g/mol. The molecule has 0 rings (SSSR count). The van der Waals surface area contributed by atoms with E-state index in [9.17, 15) is 4.79 Å². The molecule has 0 radical (unpaired) electrons. The van der Waals surface area contributed by atoms with Crippen molar-refractivity contribution in [1.29, 1.82) is 5.26 Å². The maximum absolute atomic E-state index is 11.1. The van der Waals surface area contributed by atoms with Crippen LogP contribution in [0.25, 0.3) is 0 Å². The third-order valence-electron chi connectivity index (χ3n) is 1.33. The van der Waals surface area contributed by atoms with Crippen molar-refractivity contribution < 1.29 is 14.3 Å². The first-order valence-corrected chi connectivity index (χ1v) is 6.89. The summed E-state index contributed by atoms with van der Waals surface area (Å²) in [6, 6.07) is 1.99. The second kappa shape index (κ2) is 11.2. The van der Waals surface area contributed by atoms with Crippen molar-refractivity contribution in [3.8, 4) is 6.07 Å². The van der Waals surface area contributed by atoms with E-state index in [-0.39, 0.29) is 12.6 Å². The van der Waals surface area contributed by atoms with E-state index in [1.54, 1.807) is 7.11 Å². The van der Waals surface area contributed by atoms with E-state index in [0.29, 0.717) is 28.1 Å². The maximum Gasteiger partial charge on any atom is 0.306 e. The summed E-state index contributed by atoms with van der Waals surface area (Å²) in [5.74, 6) is 0.686. The van der Waals surface area contributed by atoms with Crippen LogP contribution in [0.2, 0.25) is 0 Å². The van der Waals surface area contributed by atoms with Crippen molar-refractivity contribution in [2.24, 2.45) is 0 Å². The molecule has 0 saturated heterocycles. The van der Waals surface area contributed by atoms with Gasteiger partial charge in [-0.25, -0.2) is 0 Å². The number of nitriles is 1. The Morgan fingerprint density at radius 1 is 1.44 bits per heavy atom. The molecule has 0 aromatic heterocycles. The zero-order valence-electron chi connectivity index (χ0n) is 8.93. The molecule has 4 nitrogen and oxygen atoms in total. The van der Waals surface area contributed by atoms with Crippen molar-refractivity contribution >= 4 is 45.2 Å². The minimum absolute atomic E-state index is 0.252. The molecule has 0 saturated carbocycles. The average molecular weight is 279 g/mol. The second-order valence-corrected chi connectivity index (χ2v) is 5.78. The number of carbonyl (C=O) groups excluding carboxylic acids is 1. The molecule has 0 N–H and O–H groups in total. The maximum atomic E-state index is 11.1. The fourth-order valence-corrected chi connectivity index (χ4v) is 2.47. The van der Waals surface area contributed by atoms with Crippen molar-refractivity contribution in [2.45, 2.75) is 6.42 Å². The SMILES string of the molecule is COCCOC(=O)CCSC(=S)SCC#N. The number of thiocarbonyl (C=S) groups is 1. The van der Waals surface area contributed by atoms with E-state index in [1.165, 1.54) is 23.5 Å². The van der Waals surface area contributed by atoms with Crippen LogP contribution in [0.3, 0.4) is 0 Å². The van der Waals surface area contributed by atoms with E-state index in [0.717, 1.165) is 0 Å². The predicted molar refractivity (Wildman–Crippen MR) is 70.6 cm³/mol. The Balaban J connectivity index is 3.40. The monoisotopic (exact) mass is 279 g/mol. The summed E-state index contributed by atoms with van der Waals surface area (Å²) in [5, 5.41) is 8.32. The van der Waals surface area contributed by atoms with Crippen molar-refractivity contribution in [2.75, 3.05) is 31.8 Å². The van der Waals surface area contributed by atoms with Gasteiger partial charge in [0.2, 0.25) is 0 Å².